The molecule has 19 heavy (non-hydrogen) atoms. The van der Waals surface area contributed by atoms with Gasteiger partial charge in [-0.2, -0.15) is 0 Å². The van der Waals surface area contributed by atoms with Crippen LogP contribution in [0.5, 0.6) is 0 Å². The fourth-order valence-electron chi connectivity index (χ4n) is 1.47. The van der Waals surface area contributed by atoms with Gasteiger partial charge in [0.05, 0.1) is 5.02 Å². The van der Waals surface area contributed by atoms with Crippen LogP contribution in [0.25, 0.3) is 0 Å². The van der Waals surface area contributed by atoms with Gasteiger partial charge in [-0.3, -0.25) is 5.41 Å². The zero-order chi connectivity index (χ0) is 13.8. The molecule has 2 aromatic rings. The molecule has 6 heteroatoms. The molecule has 0 aliphatic heterocycles. The minimum atomic E-state index is -0.0549. The number of aromatic nitrogens is 1. The Bertz CT molecular complexity index is 599. The van der Waals surface area contributed by atoms with Gasteiger partial charge in [-0.25, -0.2) is 4.98 Å². The van der Waals surface area contributed by atoms with Gasteiger partial charge in [0.1, 0.15) is 10.9 Å². The average Bonchev–Trinajstić information content (AvgIpc) is 2.39. The van der Waals surface area contributed by atoms with Gasteiger partial charge in [0.15, 0.2) is 0 Å². The van der Waals surface area contributed by atoms with E-state index in [1.54, 1.807) is 12.3 Å². The number of thioether (sulfide) groups is 1. The molecular formula is C13H11Cl2N3S. The number of halogens is 2. The molecule has 2 rings (SSSR count). The summed E-state index contributed by atoms with van der Waals surface area (Å²) in [6, 6.07) is 9.24. The Kier molecular flexibility index (Phi) is 4.69. The summed E-state index contributed by atoms with van der Waals surface area (Å²) >= 11 is 13.5. The minimum absolute atomic E-state index is 0.0549. The predicted molar refractivity (Wildman–Crippen MR) is 81.3 cm³/mol. The first-order chi connectivity index (χ1) is 9.08. The molecule has 0 saturated heterocycles. The van der Waals surface area contributed by atoms with Crippen LogP contribution in [0.15, 0.2) is 41.6 Å². The number of nitrogens with two attached hydrogens (primary N) is 1. The summed E-state index contributed by atoms with van der Waals surface area (Å²) in [5, 5.41) is 9.24. The van der Waals surface area contributed by atoms with Crippen LogP contribution in [-0.2, 0) is 5.75 Å². The Hall–Kier alpha value is -1.23. The highest BCUT2D eigenvalue weighted by Gasteiger charge is 2.10. The zero-order valence-electron chi connectivity index (χ0n) is 9.86. The number of pyridine rings is 1. The molecule has 1 aromatic heterocycles. The van der Waals surface area contributed by atoms with Gasteiger partial charge in [-0.05, 0) is 23.8 Å². The van der Waals surface area contributed by atoms with Gasteiger partial charge in [0.2, 0.25) is 0 Å². The van der Waals surface area contributed by atoms with Gasteiger partial charge in [-0.1, -0.05) is 35.3 Å². The molecule has 0 bridgehead atoms. The van der Waals surface area contributed by atoms with E-state index in [9.17, 15) is 0 Å². The van der Waals surface area contributed by atoms with Crippen molar-refractivity contribution >= 4 is 40.8 Å². The van der Waals surface area contributed by atoms with E-state index in [1.807, 2.05) is 24.3 Å². The highest BCUT2D eigenvalue weighted by molar-refractivity contribution is 7.98. The highest BCUT2D eigenvalue weighted by Crippen LogP contribution is 2.30. The van der Waals surface area contributed by atoms with Gasteiger partial charge in [0.25, 0.3) is 0 Å². The van der Waals surface area contributed by atoms with E-state index in [-0.39, 0.29) is 5.84 Å². The second-order valence-corrected chi connectivity index (χ2v) is 5.58. The molecule has 0 aliphatic rings. The summed E-state index contributed by atoms with van der Waals surface area (Å²) in [5.41, 5.74) is 7.09. The number of hydrogen-bond donors (Lipinski definition) is 2. The topological polar surface area (TPSA) is 62.8 Å². The van der Waals surface area contributed by atoms with Crippen molar-refractivity contribution in [1.82, 2.24) is 4.98 Å². The van der Waals surface area contributed by atoms with E-state index in [4.69, 9.17) is 34.3 Å². The molecule has 0 aliphatic carbocycles. The smallest absolute Gasteiger partial charge is 0.124 e. The Morgan fingerprint density at radius 1 is 1.21 bits per heavy atom. The van der Waals surface area contributed by atoms with E-state index in [1.165, 1.54) is 11.8 Å². The van der Waals surface area contributed by atoms with Crippen LogP contribution in [0.3, 0.4) is 0 Å². The highest BCUT2D eigenvalue weighted by atomic mass is 35.5. The Morgan fingerprint density at radius 2 is 1.89 bits per heavy atom. The number of amidine groups is 1. The molecule has 0 radical (unpaired) electrons. The first kappa shape index (κ1) is 14.2. The second kappa shape index (κ2) is 6.28. The number of rotatable bonds is 4. The van der Waals surface area contributed by atoms with Crippen molar-refractivity contribution in [2.24, 2.45) is 5.73 Å². The predicted octanol–water partition coefficient (Wildman–Crippen LogP) is 3.96. The lowest BCUT2D eigenvalue weighted by Crippen LogP contribution is -2.12. The van der Waals surface area contributed by atoms with Gasteiger partial charge in [0, 0.05) is 22.5 Å². The second-order valence-electron chi connectivity index (χ2n) is 3.81. The maximum atomic E-state index is 7.43. The van der Waals surface area contributed by atoms with Crippen LogP contribution in [0.4, 0.5) is 0 Å². The van der Waals surface area contributed by atoms with Crippen LogP contribution in [0.1, 0.15) is 11.1 Å². The normalized spacial score (nSPS) is 10.4. The molecule has 1 aromatic carbocycles. The van der Waals surface area contributed by atoms with Gasteiger partial charge in [-0.15, -0.1) is 11.8 Å². The fourth-order valence-corrected chi connectivity index (χ4v) is 2.84. The number of nitrogens with zero attached hydrogens (tertiary/aromatic N) is 1. The molecule has 0 unspecified atom stereocenters. The van der Waals surface area contributed by atoms with E-state index in [0.29, 0.717) is 20.6 Å². The number of benzene rings is 1. The van der Waals surface area contributed by atoms with Crippen molar-refractivity contribution in [3.8, 4) is 0 Å². The lowest BCUT2D eigenvalue weighted by atomic mass is 10.2. The number of nitrogens with one attached hydrogen (secondary N) is 1. The third-order valence-electron chi connectivity index (χ3n) is 2.44. The van der Waals surface area contributed by atoms with E-state index >= 15 is 0 Å². The van der Waals surface area contributed by atoms with E-state index in [0.717, 1.165) is 11.3 Å². The fraction of sp³-hybridized carbons (Fsp3) is 0.0769. The first-order valence-electron chi connectivity index (χ1n) is 5.44. The van der Waals surface area contributed by atoms with Gasteiger partial charge >= 0.3 is 0 Å². The largest absolute Gasteiger partial charge is 0.384 e. The molecule has 3 nitrogen and oxygen atoms in total. The lowest BCUT2D eigenvalue weighted by Gasteiger charge is -2.07. The van der Waals surface area contributed by atoms with Gasteiger partial charge < -0.3 is 5.73 Å². The van der Waals surface area contributed by atoms with Crippen LogP contribution in [0, 0.1) is 5.41 Å². The lowest BCUT2D eigenvalue weighted by molar-refractivity contribution is 1.12. The maximum Gasteiger partial charge on any atom is 0.124 e. The summed E-state index contributed by atoms with van der Waals surface area (Å²) in [5.74, 6) is 0.673. The Balaban J connectivity index is 2.13. The zero-order valence-corrected chi connectivity index (χ0v) is 12.2. The van der Waals surface area contributed by atoms with Crippen molar-refractivity contribution in [3.05, 3.63) is 57.7 Å². The third kappa shape index (κ3) is 3.62. The summed E-state index contributed by atoms with van der Waals surface area (Å²) in [4.78, 5) is 4.21. The molecule has 0 atom stereocenters. The van der Waals surface area contributed by atoms with E-state index < -0.39 is 0 Å². The van der Waals surface area contributed by atoms with Crippen molar-refractivity contribution in [2.75, 3.05) is 0 Å². The molecule has 0 saturated carbocycles. The van der Waals surface area contributed by atoms with Crippen molar-refractivity contribution in [2.45, 2.75) is 10.8 Å². The molecule has 0 fully saturated rings. The molecule has 98 valence electrons. The standard InChI is InChI=1S/C13H11Cl2N3S/c14-9-3-1-8(2-4-9)7-19-13-11(15)10(12(16)17)5-6-18-13/h1-6H,7H2,(H3,16,17). The van der Waals surface area contributed by atoms with Crippen molar-refractivity contribution < 1.29 is 0 Å². The van der Waals surface area contributed by atoms with E-state index in [2.05, 4.69) is 4.98 Å². The molecule has 0 spiro atoms. The molecule has 1 heterocycles. The SMILES string of the molecule is N=C(N)c1ccnc(SCc2ccc(Cl)cc2)c1Cl. The third-order valence-corrected chi connectivity index (χ3v) is 4.24. The maximum absolute atomic E-state index is 7.43. The summed E-state index contributed by atoms with van der Waals surface area (Å²) in [7, 11) is 0. The van der Waals surface area contributed by atoms with Crippen LogP contribution >= 0.6 is 35.0 Å². The Labute approximate surface area is 125 Å². The summed E-state index contributed by atoms with van der Waals surface area (Å²) < 4.78 is 0. The summed E-state index contributed by atoms with van der Waals surface area (Å²) in [6.45, 7) is 0. The Morgan fingerprint density at radius 3 is 2.53 bits per heavy atom. The van der Waals surface area contributed by atoms with Crippen molar-refractivity contribution in [3.63, 3.8) is 0 Å². The monoisotopic (exact) mass is 311 g/mol. The van der Waals surface area contributed by atoms with Crippen molar-refractivity contribution in [1.29, 1.82) is 5.41 Å². The summed E-state index contributed by atoms with van der Waals surface area (Å²) in [6.07, 6.45) is 1.60. The average molecular weight is 312 g/mol. The molecule has 0 amide bonds. The molecule has 3 N–H and O–H groups in total. The first-order valence-corrected chi connectivity index (χ1v) is 7.18. The minimum Gasteiger partial charge on any atom is -0.384 e. The quantitative estimate of drug-likeness (QED) is 0.510. The van der Waals surface area contributed by atoms with Crippen LogP contribution in [-0.4, -0.2) is 10.8 Å². The number of hydrogen-bond acceptors (Lipinski definition) is 3. The molecular weight excluding hydrogens is 301 g/mol. The van der Waals surface area contributed by atoms with Crippen LogP contribution in [0.2, 0.25) is 10.0 Å². The van der Waals surface area contributed by atoms with Crippen LogP contribution < -0.4 is 5.73 Å². The number of nitrogen functional groups attached to an aromatic ring is 1.